The van der Waals surface area contributed by atoms with Crippen molar-refractivity contribution in [2.45, 2.75) is 19.8 Å². The van der Waals surface area contributed by atoms with Crippen LogP contribution in [0.15, 0.2) is 94.8 Å². The Morgan fingerprint density at radius 1 is 1.12 bits per heavy atom. The molecule has 5 rings (SSSR count). The van der Waals surface area contributed by atoms with E-state index >= 15 is 4.39 Å². The smallest absolute Gasteiger partial charge is 0.268 e. The number of dihydropyridines is 1. The van der Waals surface area contributed by atoms with E-state index in [1.807, 2.05) is 24.0 Å². The molecule has 1 amide bonds. The maximum Gasteiger partial charge on any atom is 0.268 e. The van der Waals surface area contributed by atoms with Crippen molar-refractivity contribution >= 4 is 29.6 Å². The Labute approximate surface area is 240 Å². The first-order valence-corrected chi connectivity index (χ1v) is 14.2. The third kappa shape index (κ3) is 6.33. The highest BCUT2D eigenvalue weighted by Gasteiger charge is 2.22. The number of aryl methyl sites for hydroxylation is 1. The van der Waals surface area contributed by atoms with Gasteiger partial charge in [0.1, 0.15) is 11.4 Å². The standard InChI is InChI=1S/C31H27F2N4O3S/c1-19-2-8-25(31(39)37(19)24-6-3-22(32)4-7-24)30(38)36-23-5-9-28(26(33)17-23)40-29-16-21(18-35-27(29)10-13-34)20-11-14-41-15-12-20/h2-10,13,16-18,20,35H,11-12,14-15H2,1H3,(H,36,38)/q-1/b27-10-. The minimum Gasteiger partial charge on any atom is -0.811 e. The Hall–Kier alpha value is -4.44. The molecule has 3 heterocycles. The second kappa shape index (κ2) is 12.4. The van der Waals surface area contributed by atoms with E-state index in [2.05, 4.69) is 10.6 Å². The van der Waals surface area contributed by atoms with Crippen LogP contribution in [0.25, 0.3) is 11.1 Å². The number of benzene rings is 2. The lowest BCUT2D eigenvalue weighted by atomic mass is 9.92. The van der Waals surface area contributed by atoms with E-state index in [4.69, 9.17) is 4.74 Å². The molecule has 0 saturated carbocycles. The fourth-order valence-electron chi connectivity index (χ4n) is 4.75. The first-order chi connectivity index (χ1) is 19.8. The number of allylic oxidation sites excluding steroid dienone is 3. The zero-order valence-electron chi connectivity index (χ0n) is 22.2. The topological polar surface area (TPSA) is 94.7 Å². The van der Waals surface area contributed by atoms with E-state index in [0.29, 0.717) is 28.8 Å². The minimum atomic E-state index is -0.728. The van der Waals surface area contributed by atoms with E-state index < -0.39 is 23.1 Å². The molecule has 0 spiro atoms. The number of ether oxygens (including phenoxy) is 1. The fourth-order valence-corrected chi connectivity index (χ4v) is 5.86. The van der Waals surface area contributed by atoms with Gasteiger partial charge in [0.15, 0.2) is 17.3 Å². The molecule has 41 heavy (non-hydrogen) atoms. The van der Waals surface area contributed by atoms with Crippen molar-refractivity contribution in [2.75, 3.05) is 16.8 Å². The van der Waals surface area contributed by atoms with Crippen LogP contribution < -0.4 is 20.9 Å². The Bertz CT molecular complexity index is 1640. The van der Waals surface area contributed by atoms with Crippen molar-refractivity contribution in [3.63, 3.8) is 0 Å². The van der Waals surface area contributed by atoms with Crippen LogP contribution in [-0.4, -0.2) is 28.2 Å². The molecule has 3 aromatic rings. The van der Waals surface area contributed by atoms with Crippen LogP contribution in [0.5, 0.6) is 5.75 Å². The Balaban J connectivity index is 1.35. The highest BCUT2D eigenvalue weighted by Crippen LogP contribution is 2.33. The maximum atomic E-state index is 15.2. The summed E-state index contributed by atoms with van der Waals surface area (Å²) in [5.41, 5.74) is 1.86. The molecule has 2 aromatic carbocycles. The summed E-state index contributed by atoms with van der Waals surface area (Å²) in [4.78, 5) is 26.1. The van der Waals surface area contributed by atoms with Crippen LogP contribution in [-0.2, 0) is 0 Å². The monoisotopic (exact) mass is 573 g/mol. The average molecular weight is 574 g/mol. The number of rotatable bonds is 7. The van der Waals surface area contributed by atoms with Crippen molar-refractivity contribution in [1.82, 2.24) is 9.88 Å². The molecule has 0 radical (unpaired) electrons. The number of anilines is 1. The molecule has 7 nitrogen and oxygen atoms in total. The van der Waals surface area contributed by atoms with Crippen molar-refractivity contribution < 1.29 is 18.3 Å². The van der Waals surface area contributed by atoms with Gasteiger partial charge in [0.2, 0.25) is 0 Å². The lowest BCUT2D eigenvalue weighted by Gasteiger charge is -2.27. The number of carbonyl (C=O) groups is 1. The summed E-state index contributed by atoms with van der Waals surface area (Å²) in [6, 6.07) is 12.3. The third-order valence-electron chi connectivity index (χ3n) is 6.91. The summed E-state index contributed by atoms with van der Waals surface area (Å²) >= 11 is 1.92. The molecule has 10 heteroatoms. The quantitative estimate of drug-likeness (QED) is 0.334. The van der Waals surface area contributed by atoms with E-state index in [-0.39, 0.29) is 17.0 Å². The second-order valence-corrected chi connectivity index (χ2v) is 10.8. The van der Waals surface area contributed by atoms with Crippen LogP contribution in [0, 0.1) is 24.5 Å². The van der Waals surface area contributed by atoms with E-state index in [9.17, 15) is 19.4 Å². The summed E-state index contributed by atoms with van der Waals surface area (Å²) in [5.74, 6) is 0.887. The first-order valence-electron chi connectivity index (χ1n) is 13.1. The molecular weight excluding hydrogens is 546 g/mol. The van der Waals surface area contributed by atoms with Crippen LogP contribution in [0.2, 0.25) is 0 Å². The Kier molecular flexibility index (Phi) is 8.49. The van der Waals surface area contributed by atoms with Gasteiger partial charge in [-0.15, -0.1) is 0 Å². The molecule has 1 saturated heterocycles. The van der Waals surface area contributed by atoms with E-state index in [1.165, 1.54) is 53.1 Å². The average Bonchev–Trinajstić information content (AvgIpc) is 2.97. The predicted octanol–water partition coefficient (Wildman–Crippen LogP) is 6.09. The van der Waals surface area contributed by atoms with Crippen molar-refractivity contribution in [1.29, 1.82) is 0 Å². The van der Waals surface area contributed by atoms with Gasteiger partial charge in [-0.3, -0.25) is 14.2 Å². The number of hydrogen-bond donors (Lipinski definition) is 2. The molecule has 2 aliphatic heterocycles. The highest BCUT2D eigenvalue weighted by molar-refractivity contribution is 7.99. The van der Waals surface area contributed by atoms with Gasteiger partial charge in [-0.25, -0.2) is 8.78 Å². The van der Waals surface area contributed by atoms with Gasteiger partial charge in [-0.1, -0.05) is 6.08 Å². The van der Waals surface area contributed by atoms with Crippen molar-refractivity contribution in [3.8, 4) is 11.4 Å². The number of carbonyl (C=O) groups excluding carboxylic acids is 1. The van der Waals surface area contributed by atoms with Gasteiger partial charge in [-0.05, 0) is 97.4 Å². The second-order valence-electron chi connectivity index (χ2n) is 9.62. The number of nitrogens with one attached hydrogen (secondary N) is 2. The van der Waals surface area contributed by atoms with Gasteiger partial charge < -0.3 is 20.8 Å². The molecule has 0 bridgehead atoms. The zero-order valence-corrected chi connectivity index (χ0v) is 23.0. The third-order valence-corrected chi connectivity index (χ3v) is 7.96. The lowest BCUT2D eigenvalue weighted by molar-refractivity contribution is 0.102. The lowest BCUT2D eigenvalue weighted by Crippen LogP contribution is -2.29. The molecule has 0 aliphatic carbocycles. The summed E-state index contributed by atoms with van der Waals surface area (Å²) < 4.78 is 35.8. The SMILES string of the molecule is Cc1ccc(C(=O)Nc2ccc(OC3=CC(C4CCSCC4)=CN/C3=C\C=[N-])c(F)c2)c(=O)n1-c1ccc(F)cc1. The Morgan fingerprint density at radius 2 is 1.88 bits per heavy atom. The van der Waals surface area contributed by atoms with E-state index in [0.717, 1.165) is 42.2 Å². The summed E-state index contributed by atoms with van der Waals surface area (Å²) in [6.45, 7) is 1.70. The number of amides is 1. The molecule has 2 N–H and O–H groups in total. The van der Waals surface area contributed by atoms with Crippen molar-refractivity contribution in [2.24, 2.45) is 5.92 Å². The van der Waals surface area contributed by atoms with Gasteiger partial charge >= 0.3 is 0 Å². The van der Waals surface area contributed by atoms with Gasteiger partial charge in [0.25, 0.3) is 11.5 Å². The van der Waals surface area contributed by atoms with Crippen LogP contribution >= 0.6 is 11.8 Å². The normalized spacial score (nSPS) is 16.4. The maximum absolute atomic E-state index is 15.2. The molecule has 0 unspecified atom stereocenters. The molecule has 2 aliphatic rings. The van der Waals surface area contributed by atoms with Crippen LogP contribution in [0.4, 0.5) is 14.5 Å². The van der Waals surface area contributed by atoms with E-state index in [1.54, 1.807) is 13.0 Å². The molecule has 1 aromatic heterocycles. The van der Waals surface area contributed by atoms with Gasteiger partial charge in [-0.2, -0.15) is 18.0 Å². The summed E-state index contributed by atoms with van der Waals surface area (Å²) in [5, 5.41) is 15.0. The van der Waals surface area contributed by atoms with Gasteiger partial charge in [0.05, 0.1) is 5.70 Å². The number of pyridine rings is 1. The number of nitrogens with zero attached hydrogens (tertiary/aromatic N) is 2. The predicted molar refractivity (Wildman–Crippen MR) is 159 cm³/mol. The number of aromatic nitrogens is 1. The highest BCUT2D eigenvalue weighted by atomic mass is 32.2. The minimum absolute atomic E-state index is 0.0747. The zero-order chi connectivity index (χ0) is 28.9. The summed E-state index contributed by atoms with van der Waals surface area (Å²) in [7, 11) is 0. The first kappa shape index (κ1) is 28.1. The largest absolute Gasteiger partial charge is 0.811 e. The Morgan fingerprint density at radius 3 is 2.59 bits per heavy atom. The number of halogens is 2. The van der Waals surface area contributed by atoms with Crippen LogP contribution in [0.3, 0.4) is 0 Å². The number of thioether (sulfide) groups is 1. The molecular formula is C31H27F2N4O3S-. The summed E-state index contributed by atoms with van der Waals surface area (Å²) in [6.07, 6.45) is 8.10. The van der Waals surface area contributed by atoms with Crippen LogP contribution in [0.1, 0.15) is 28.9 Å². The molecule has 210 valence electrons. The molecule has 0 atom stereocenters. The van der Waals surface area contributed by atoms with Crippen molar-refractivity contribution in [3.05, 3.63) is 129 Å². The number of hydrogen-bond acceptors (Lipinski definition) is 5. The molecule has 1 fully saturated rings. The fraction of sp³-hybridized carbons (Fsp3) is 0.194. The van der Waals surface area contributed by atoms with Gasteiger partial charge in [0, 0.05) is 29.3 Å².